The molecule has 2 aliphatic carbocycles. The maximum atomic E-state index is 3.81. The number of hydrogen-bond acceptors (Lipinski definition) is 2. The lowest BCUT2D eigenvalue weighted by molar-refractivity contribution is 0.0721. The fraction of sp³-hybridized carbons (Fsp3) is 0.867. The van der Waals surface area contributed by atoms with Gasteiger partial charge in [-0.15, -0.1) is 6.58 Å². The van der Waals surface area contributed by atoms with Crippen molar-refractivity contribution in [3.8, 4) is 0 Å². The van der Waals surface area contributed by atoms with Gasteiger partial charge in [0.2, 0.25) is 0 Å². The zero-order chi connectivity index (χ0) is 11.7. The van der Waals surface area contributed by atoms with Gasteiger partial charge in [0.25, 0.3) is 0 Å². The highest BCUT2D eigenvalue weighted by Gasteiger charge is 2.42. The molecule has 3 fully saturated rings. The first kappa shape index (κ1) is 11.7. The summed E-state index contributed by atoms with van der Waals surface area (Å²) < 4.78 is 0. The lowest BCUT2D eigenvalue weighted by Gasteiger charge is -2.41. The normalized spacial score (nSPS) is 38.7. The molecule has 2 saturated carbocycles. The molecule has 0 amide bonds. The molecule has 2 bridgehead atoms. The lowest BCUT2D eigenvalue weighted by atomic mass is 9.93. The van der Waals surface area contributed by atoms with Crippen LogP contribution < -0.4 is 0 Å². The van der Waals surface area contributed by atoms with Gasteiger partial charge in [0.15, 0.2) is 0 Å². The highest BCUT2D eigenvalue weighted by atomic mass is 15.3. The lowest BCUT2D eigenvalue weighted by Crippen LogP contribution is -2.51. The average Bonchev–Trinajstić information content (AvgIpc) is 2.99. The van der Waals surface area contributed by atoms with Crippen molar-refractivity contribution in [1.82, 2.24) is 9.80 Å². The summed E-state index contributed by atoms with van der Waals surface area (Å²) in [5.41, 5.74) is 0. The average molecular weight is 234 g/mol. The maximum absolute atomic E-state index is 3.81. The summed E-state index contributed by atoms with van der Waals surface area (Å²) in [5.74, 6) is 2.14. The molecule has 2 nitrogen and oxygen atoms in total. The van der Waals surface area contributed by atoms with Crippen molar-refractivity contribution in [3.63, 3.8) is 0 Å². The van der Waals surface area contributed by atoms with E-state index < -0.39 is 0 Å². The molecule has 0 aromatic heterocycles. The van der Waals surface area contributed by atoms with Gasteiger partial charge in [-0.2, -0.15) is 0 Å². The first-order valence-corrected chi connectivity index (χ1v) is 7.44. The highest BCUT2D eigenvalue weighted by molar-refractivity contribution is 4.96. The van der Waals surface area contributed by atoms with E-state index in [4.69, 9.17) is 0 Å². The summed E-state index contributed by atoms with van der Waals surface area (Å²) in [4.78, 5) is 5.40. The second-order valence-corrected chi connectivity index (χ2v) is 6.20. The molecule has 0 aromatic rings. The molecule has 3 atom stereocenters. The van der Waals surface area contributed by atoms with Gasteiger partial charge in [-0.3, -0.25) is 4.90 Å². The molecule has 96 valence electrons. The zero-order valence-corrected chi connectivity index (χ0v) is 11.0. The Kier molecular flexibility index (Phi) is 3.53. The Balaban J connectivity index is 1.47. The number of hydrogen-bond donors (Lipinski definition) is 0. The van der Waals surface area contributed by atoms with Crippen LogP contribution in [-0.4, -0.2) is 48.6 Å². The largest absolute Gasteiger partial charge is 0.300 e. The van der Waals surface area contributed by atoms with Crippen LogP contribution in [0.25, 0.3) is 0 Å². The van der Waals surface area contributed by atoms with Gasteiger partial charge in [-0.05, 0) is 37.5 Å². The monoisotopic (exact) mass is 234 g/mol. The summed E-state index contributed by atoms with van der Waals surface area (Å²) in [6.45, 7) is 10.2. The van der Waals surface area contributed by atoms with Gasteiger partial charge in [0, 0.05) is 38.8 Å². The Bertz CT molecular complexity index is 268. The molecule has 1 saturated heterocycles. The fourth-order valence-electron chi connectivity index (χ4n) is 4.25. The summed E-state index contributed by atoms with van der Waals surface area (Å²) in [6.07, 6.45) is 9.29. The van der Waals surface area contributed by atoms with Crippen LogP contribution in [0.3, 0.4) is 0 Å². The Hall–Kier alpha value is -0.340. The van der Waals surface area contributed by atoms with Crippen LogP contribution in [0.2, 0.25) is 0 Å². The van der Waals surface area contributed by atoms with E-state index in [1.165, 1.54) is 52.0 Å². The van der Waals surface area contributed by atoms with Crippen molar-refractivity contribution in [3.05, 3.63) is 12.7 Å². The van der Waals surface area contributed by atoms with E-state index in [0.29, 0.717) is 0 Å². The third-order valence-corrected chi connectivity index (χ3v) is 5.23. The first-order chi connectivity index (χ1) is 8.36. The standard InChI is InChI=1S/C15H26N2/c1-2-3-6-16-7-9-17(10-8-16)15-12-13-4-5-14(15)11-13/h2,13-15H,1,3-12H2/t13-,14-,15+/m0/s1. The Labute approximate surface area is 106 Å². The summed E-state index contributed by atoms with van der Waals surface area (Å²) in [6, 6.07) is 0.954. The quantitative estimate of drug-likeness (QED) is 0.689. The molecule has 0 radical (unpaired) electrons. The van der Waals surface area contributed by atoms with Gasteiger partial charge < -0.3 is 4.90 Å². The molecule has 2 heteroatoms. The van der Waals surface area contributed by atoms with E-state index in [1.807, 2.05) is 6.08 Å². The van der Waals surface area contributed by atoms with Crippen LogP contribution in [0, 0.1) is 11.8 Å². The fourth-order valence-corrected chi connectivity index (χ4v) is 4.25. The minimum Gasteiger partial charge on any atom is -0.300 e. The van der Waals surface area contributed by atoms with Crippen molar-refractivity contribution in [1.29, 1.82) is 0 Å². The first-order valence-electron chi connectivity index (χ1n) is 7.44. The number of nitrogens with zero attached hydrogens (tertiary/aromatic N) is 2. The molecule has 1 aliphatic heterocycles. The van der Waals surface area contributed by atoms with Crippen LogP contribution in [-0.2, 0) is 0 Å². The van der Waals surface area contributed by atoms with E-state index in [0.717, 1.165) is 24.3 Å². The topological polar surface area (TPSA) is 6.48 Å². The van der Waals surface area contributed by atoms with Crippen LogP contribution >= 0.6 is 0 Å². The van der Waals surface area contributed by atoms with Crippen LogP contribution in [0.15, 0.2) is 12.7 Å². The van der Waals surface area contributed by atoms with Gasteiger partial charge >= 0.3 is 0 Å². The van der Waals surface area contributed by atoms with Crippen LogP contribution in [0.1, 0.15) is 32.1 Å². The summed E-state index contributed by atoms with van der Waals surface area (Å²) in [7, 11) is 0. The Morgan fingerprint density at radius 3 is 2.47 bits per heavy atom. The number of rotatable bonds is 4. The minimum absolute atomic E-state index is 0.954. The predicted octanol–water partition coefficient (Wildman–Crippen LogP) is 2.37. The zero-order valence-electron chi connectivity index (χ0n) is 11.0. The molecular weight excluding hydrogens is 208 g/mol. The highest BCUT2D eigenvalue weighted by Crippen LogP contribution is 2.46. The van der Waals surface area contributed by atoms with Crippen molar-refractivity contribution >= 4 is 0 Å². The van der Waals surface area contributed by atoms with Gasteiger partial charge in [0.05, 0.1) is 0 Å². The molecule has 0 aromatic carbocycles. The van der Waals surface area contributed by atoms with Crippen molar-refractivity contribution < 1.29 is 0 Å². The molecule has 3 aliphatic rings. The molecule has 0 N–H and O–H groups in total. The van der Waals surface area contributed by atoms with E-state index >= 15 is 0 Å². The summed E-state index contributed by atoms with van der Waals surface area (Å²) >= 11 is 0. The van der Waals surface area contributed by atoms with Gasteiger partial charge in [0.1, 0.15) is 0 Å². The smallest absolute Gasteiger partial charge is 0.0127 e. The van der Waals surface area contributed by atoms with Crippen LogP contribution in [0.5, 0.6) is 0 Å². The van der Waals surface area contributed by atoms with E-state index in [1.54, 1.807) is 6.42 Å². The Morgan fingerprint density at radius 1 is 1.06 bits per heavy atom. The molecular formula is C15H26N2. The third-order valence-electron chi connectivity index (χ3n) is 5.23. The predicted molar refractivity (Wildman–Crippen MR) is 72.1 cm³/mol. The van der Waals surface area contributed by atoms with Crippen molar-refractivity contribution in [2.24, 2.45) is 11.8 Å². The molecule has 17 heavy (non-hydrogen) atoms. The molecule has 0 spiro atoms. The molecule has 1 heterocycles. The number of piperazine rings is 1. The second-order valence-electron chi connectivity index (χ2n) is 6.20. The SMILES string of the molecule is C=CCCN1CCN([C@@H]2C[C@H]3CC[C@H]2C3)CC1. The summed E-state index contributed by atoms with van der Waals surface area (Å²) in [5, 5.41) is 0. The molecule has 0 unspecified atom stereocenters. The van der Waals surface area contributed by atoms with E-state index in [-0.39, 0.29) is 0 Å². The minimum atomic E-state index is 0.954. The third kappa shape index (κ3) is 2.43. The number of fused-ring (bicyclic) bond motifs is 2. The van der Waals surface area contributed by atoms with Gasteiger partial charge in [-0.1, -0.05) is 12.5 Å². The maximum Gasteiger partial charge on any atom is 0.0127 e. The second kappa shape index (κ2) is 5.11. The van der Waals surface area contributed by atoms with E-state index in [2.05, 4.69) is 16.4 Å². The Morgan fingerprint density at radius 2 is 1.88 bits per heavy atom. The van der Waals surface area contributed by atoms with Crippen LogP contribution in [0.4, 0.5) is 0 Å². The van der Waals surface area contributed by atoms with E-state index in [9.17, 15) is 0 Å². The van der Waals surface area contributed by atoms with Gasteiger partial charge in [-0.25, -0.2) is 0 Å². The van der Waals surface area contributed by atoms with Crippen molar-refractivity contribution in [2.45, 2.75) is 38.1 Å². The molecule has 3 rings (SSSR count). The van der Waals surface area contributed by atoms with Crippen molar-refractivity contribution in [2.75, 3.05) is 32.7 Å².